The lowest BCUT2D eigenvalue weighted by Gasteiger charge is -2.33. The Hall–Kier alpha value is -0.920. The highest BCUT2D eigenvalue weighted by atomic mass is 35.5. The van der Waals surface area contributed by atoms with Crippen LogP contribution in [0.3, 0.4) is 0 Å². The summed E-state index contributed by atoms with van der Waals surface area (Å²) in [4.78, 5) is 2.02. The number of halogens is 1. The quantitative estimate of drug-likeness (QED) is 0.749. The van der Waals surface area contributed by atoms with E-state index in [1.54, 1.807) is 0 Å². The van der Waals surface area contributed by atoms with Gasteiger partial charge in [-0.1, -0.05) is 0 Å². The van der Waals surface area contributed by atoms with Crippen LogP contribution in [-0.4, -0.2) is 55.4 Å². The summed E-state index contributed by atoms with van der Waals surface area (Å²) in [6.07, 6.45) is 1.23. The molecule has 100 valence electrons. The smallest absolute Gasteiger partial charge is 0.211 e. The van der Waals surface area contributed by atoms with Crippen LogP contribution < -0.4 is 4.90 Å². The molecule has 1 fully saturated rings. The third-order valence-corrected chi connectivity index (χ3v) is 4.45. The molecule has 2 heterocycles. The van der Waals surface area contributed by atoms with E-state index in [0.29, 0.717) is 32.1 Å². The summed E-state index contributed by atoms with van der Waals surface area (Å²) in [6.45, 7) is 2.22. The maximum absolute atomic E-state index is 11.4. The average Bonchev–Trinajstić information content (AvgIpc) is 2.38. The molecule has 8 heteroatoms. The summed E-state index contributed by atoms with van der Waals surface area (Å²) in [5, 5.41) is 8.07. The maximum Gasteiger partial charge on any atom is 0.211 e. The molecular formula is C10H15ClN4O2S. The monoisotopic (exact) mass is 290 g/mol. The van der Waals surface area contributed by atoms with Crippen molar-refractivity contribution >= 4 is 27.4 Å². The third kappa shape index (κ3) is 3.09. The van der Waals surface area contributed by atoms with E-state index >= 15 is 0 Å². The number of aromatic nitrogens is 2. The Bertz CT molecular complexity index is 497. The highest BCUT2D eigenvalue weighted by molar-refractivity contribution is 7.88. The Morgan fingerprint density at radius 3 is 2.33 bits per heavy atom. The van der Waals surface area contributed by atoms with E-state index in [4.69, 9.17) is 11.6 Å². The van der Waals surface area contributed by atoms with Gasteiger partial charge in [0.1, 0.15) is 0 Å². The average molecular weight is 291 g/mol. The van der Waals surface area contributed by atoms with Gasteiger partial charge in [-0.25, -0.2) is 8.42 Å². The number of nitrogens with zero attached hydrogens (tertiary/aromatic N) is 4. The number of anilines is 1. The second-order valence-electron chi connectivity index (χ2n) is 4.17. The second-order valence-corrected chi connectivity index (χ2v) is 6.42. The van der Waals surface area contributed by atoms with Gasteiger partial charge in [-0.2, -0.15) is 9.40 Å². The van der Waals surface area contributed by atoms with E-state index in [1.807, 2.05) is 17.0 Å². The minimum absolute atomic E-state index is 0.342. The SMILES string of the molecule is CS(=O)(=O)N1CCN(c2ccc(CCl)nn2)CC1. The van der Waals surface area contributed by atoms with Gasteiger partial charge < -0.3 is 4.90 Å². The molecule has 1 aromatic rings. The lowest BCUT2D eigenvalue weighted by molar-refractivity contribution is 0.386. The Kier molecular flexibility index (Phi) is 4.04. The first-order chi connectivity index (χ1) is 8.50. The Morgan fingerprint density at radius 2 is 1.89 bits per heavy atom. The van der Waals surface area contributed by atoms with Crippen molar-refractivity contribution in [3.8, 4) is 0 Å². The van der Waals surface area contributed by atoms with Gasteiger partial charge >= 0.3 is 0 Å². The molecule has 0 spiro atoms. The van der Waals surface area contributed by atoms with E-state index in [0.717, 1.165) is 11.5 Å². The normalized spacial score (nSPS) is 18.0. The van der Waals surface area contributed by atoms with Gasteiger partial charge in [-0.3, -0.25) is 0 Å². The molecule has 18 heavy (non-hydrogen) atoms. The zero-order valence-corrected chi connectivity index (χ0v) is 11.7. The Morgan fingerprint density at radius 1 is 1.22 bits per heavy atom. The number of piperazine rings is 1. The molecule has 1 saturated heterocycles. The maximum atomic E-state index is 11.4. The minimum Gasteiger partial charge on any atom is -0.352 e. The Labute approximate surface area is 112 Å². The van der Waals surface area contributed by atoms with Crippen LogP contribution in [0.4, 0.5) is 5.82 Å². The summed E-state index contributed by atoms with van der Waals surface area (Å²) >= 11 is 5.64. The standard InChI is InChI=1S/C10H15ClN4O2S/c1-18(16,17)15-6-4-14(5-7-15)10-3-2-9(8-11)12-13-10/h2-3H,4-8H2,1H3. The number of rotatable bonds is 3. The lowest BCUT2D eigenvalue weighted by atomic mass is 10.3. The fraction of sp³-hybridized carbons (Fsp3) is 0.600. The zero-order valence-electron chi connectivity index (χ0n) is 10.1. The van der Waals surface area contributed by atoms with Crippen LogP contribution in [0.5, 0.6) is 0 Å². The molecule has 0 radical (unpaired) electrons. The largest absolute Gasteiger partial charge is 0.352 e. The Balaban J connectivity index is 2.01. The molecular weight excluding hydrogens is 276 g/mol. The first-order valence-corrected chi connectivity index (χ1v) is 7.97. The van der Waals surface area contributed by atoms with Gasteiger partial charge in [0.15, 0.2) is 5.82 Å². The summed E-state index contributed by atoms with van der Waals surface area (Å²) in [7, 11) is -3.09. The third-order valence-electron chi connectivity index (χ3n) is 2.87. The highest BCUT2D eigenvalue weighted by Gasteiger charge is 2.23. The molecule has 0 atom stereocenters. The summed E-state index contributed by atoms with van der Waals surface area (Å²) < 4.78 is 24.2. The van der Waals surface area contributed by atoms with E-state index in [1.165, 1.54) is 10.6 Å². The predicted octanol–water partition coefficient (Wildman–Crippen LogP) is 0.297. The van der Waals surface area contributed by atoms with Crippen LogP contribution in [0.2, 0.25) is 0 Å². The molecule has 0 N–H and O–H groups in total. The van der Waals surface area contributed by atoms with Crippen molar-refractivity contribution in [1.82, 2.24) is 14.5 Å². The van der Waals surface area contributed by atoms with E-state index in [9.17, 15) is 8.42 Å². The molecule has 0 amide bonds. The van der Waals surface area contributed by atoms with Gasteiger partial charge in [0.05, 0.1) is 17.8 Å². The topological polar surface area (TPSA) is 66.4 Å². The molecule has 0 aliphatic carbocycles. The molecule has 0 bridgehead atoms. The van der Waals surface area contributed by atoms with Crippen molar-refractivity contribution in [3.05, 3.63) is 17.8 Å². The van der Waals surface area contributed by atoms with Crippen LogP contribution in [0.1, 0.15) is 5.69 Å². The van der Waals surface area contributed by atoms with Gasteiger partial charge in [0, 0.05) is 26.2 Å². The molecule has 1 aromatic heterocycles. The van der Waals surface area contributed by atoms with Crippen LogP contribution in [0.15, 0.2) is 12.1 Å². The van der Waals surface area contributed by atoms with Crippen molar-refractivity contribution in [1.29, 1.82) is 0 Å². The number of hydrogen-bond donors (Lipinski definition) is 0. The van der Waals surface area contributed by atoms with Crippen molar-refractivity contribution < 1.29 is 8.42 Å². The summed E-state index contributed by atoms with van der Waals surface area (Å²) in [5.41, 5.74) is 0.732. The first-order valence-electron chi connectivity index (χ1n) is 5.59. The van der Waals surface area contributed by atoms with Crippen LogP contribution >= 0.6 is 11.6 Å². The molecule has 6 nitrogen and oxygen atoms in total. The zero-order chi connectivity index (χ0) is 13.2. The highest BCUT2D eigenvalue weighted by Crippen LogP contribution is 2.14. The van der Waals surface area contributed by atoms with Crippen LogP contribution in [0.25, 0.3) is 0 Å². The molecule has 2 rings (SSSR count). The number of hydrogen-bond acceptors (Lipinski definition) is 5. The molecule has 0 saturated carbocycles. The van der Waals surface area contributed by atoms with Crippen molar-refractivity contribution in [3.63, 3.8) is 0 Å². The fourth-order valence-electron chi connectivity index (χ4n) is 1.84. The number of sulfonamides is 1. The molecule has 0 unspecified atom stereocenters. The van der Waals surface area contributed by atoms with E-state index in [-0.39, 0.29) is 0 Å². The van der Waals surface area contributed by atoms with Crippen LogP contribution in [-0.2, 0) is 15.9 Å². The van der Waals surface area contributed by atoms with Gasteiger partial charge in [0.25, 0.3) is 0 Å². The summed E-state index contributed by atoms with van der Waals surface area (Å²) in [6, 6.07) is 3.69. The van der Waals surface area contributed by atoms with Crippen LogP contribution in [0, 0.1) is 0 Å². The molecule has 1 aliphatic heterocycles. The molecule has 0 aromatic carbocycles. The van der Waals surface area contributed by atoms with Crippen molar-refractivity contribution in [2.75, 3.05) is 37.3 Å². The lowest BCUT2D eigenvalue weighted by Crippen LogP contribution is -2.48. The van der Waals surface area contributed by atoms with Gasteiger partial charge in [-0.05, 0) is 12.1 Å². The van der Waals surface area contributed by atoms with Crippen molar-refractivity contribution in [2.24, 2.45) is 0 Å². The molecule has 1 aliphatic rings. The van der Waals surface area contributed by atoms with Crippen molar-refractivity contribution in [2.45, 2.75) is 5.88 Å². The van der Waals surface area contributed by atoms with Gasteiger partial charge in [-0.15, -0.1) is 16.7 Å². The number of alkyl halides is 1. The fourth-order valence-corrected chi connectivity index (χ4v) is 2.81. The van der Waals surface area contributed by atoms with Gasteiger partial charge in [0.2, 0.25) is 10.0 Å². The minimum atomic E-state index is -3.09. The van der Waals surface area contributed by atoms with E-state index < -0.39 is 10.0 Å². The first kappa shape index (κ1) is 13.5. The summed E-state index contributed by atoms with van der Waals surface area (Å²) in [5.74, 6) is 1.10. The van der Waals surface area contributed by atoms with E-state index in [2.05, 4.69) is 10.2 Å². The second kappa shape index (κ2) is 5.38. The predicted molar refractivity (Wildman–Crippen MR) is 70.2 cm³/mol.